The van der Waals surface area contributed by atoms with Gasteiger partial charge in [0.2, 0.25) is 10.0 Å². The lowest BCUT2D eigenvalue weighted by Gasteiger charge is -2.21. The van der Waals surface area contributed by atoms with E-state index in [0.717, 1.165) is 11.3 Å². The maximum absolute atomic E-state index is 12.5. The van der Waals surface area contributed by atoms with Crippen LogP contribution in [0.2, 0.25) is 0 Å². The second kappa shape index (κ2) is 8.84. The molecule has 3 N–H and O–H groups in total. The summed E-state index contributed by atoms with van der Waals surface area (Å²) < 4.78 is 27.8. The normalized spacial score (nSPS) is 11.4. The molecular formula is C22H26N2O2S. The van der Waals surface area contributed by atoms with Gasteiger partial charge in [0.15, 0.2) is 0 Å². The van der Waals surface area contributed by atoms with Crippen molar-refractivity contribution in [1.82, 2.24) is 4.72 Å². The van der Waals surface area contributed by atoms with Crippen molar-refractivity contribution in [1.29, 1.82) is 0 Å². The molecule has 0 aromatic heterocycles. The number of sulfonamides is 1. The average molecular weight is 383 g/mol. The van der Waals surface area contributed by atoms with E-state index in [-0.39, 0.29) is 0 Å². The number of rotatable bonds is 3. The molecule has 3 aromatic carbocycles. The summed E-state index contributed by atoms with van der Waals surface area (Å²) in [6.07, 6.45) is 0. The van der Waals surface area contributed by atoms with Crippen molar-refractivity contribution in [2.24, 2.45) is 0 Å². The van der Waals surface area contributed by atoms with Crippen LogP contribution in [0.15, 0.2) is 89.8 Å². The molecule has 0 heterocycles. The second-order valence-corrected chi connectivity index (χ2v) is 8.78. The molecule has 0 saturated carbocycles. The Morgan fingerprint density at radius 2 is 1.22 bits per heavy atom. The van der Waals surface area contributed by atoms with Crippen molar-refractivity contribution in [3.05, 3.63) is 84.9 Å². The van der Waals surface area contributed by atoms with E-state index in [4.69, 9.17) is 5.73 Å². The quantitative estimate of drug-likeness (QED) is 0.645. The van der Waals surface area contributed by atoms with Gasteiger partial charge < -0.3 is 5.73 Å². The molecule has 0 unspecified atom stereocenters. The summed E-state index contributed by atoms with van der Waals surface area (Å²) >= 11 is 0. The van der Waals surface area contributed by atoms with Gasteiger partial charge in [0, 0.05) is 16.8 Å². The van der Waals surface area contributed by atoms with Crippen LogP contribution in [0, 0.1) is 0 Å². The van der Waals surface area contributed by atoms with E-state index in [2.05, 4.69) is 4.72 Å². The van der Waals surface area contributed by atoms with Gasteiger partial charge in [-0.05, 0) is 44.5 Å². The number of para-hydroxylation sites is 1. The number of nitrogen functional groups attached to an aromatic ring is 1. The van der Waals surface area contributed by atoms with Gasteiger partial charge >= 0.3 is 0 Å². The molecule has 5 heteroatoms. The number of hydrogen-bond donors (Lipinski definition) is 2. The molecule has 0 fully saturated rings. The molecule has 0 aliphatic heterocycles. The summed E-state index contributed by atoms with van der Waals surface area (Å²) in [4.78, 5) is 0.307. The summed E-state index contributed by atoms with van der Waals surface area (Å²) in [6.45, 7) is 5.49. The SMILES string of the molecule is CC(C)(C)NS(=O)(=O)c1ccccc1-c1ccccc1.Nc1ccccc1. The topological polar surface area (TPSA) is 72.2 Å². The minimum absolute atomic E-state index is 0.307. The van der Waals surface area contributed by atoms with Crippen molar-refractivity contribution in [3.63, 3.8) is 0 Å². The monoisotopic (exact) mass is 382 g/mol. The van der Waals surface area contributed by atoms with Gasteiger partial charge in [-0.3, -0.25) is 0 Å². The molecule has 27 heavy (non-hydrogen) atoms. The zero-order valence-corrected chi connectivity index (χ0v) is 16.7. The summed E-state index contributed by atoms with van der Waals surface area (Å²) in [6, 6.07) is 26.1. The van der Waals surface area contributed by atoms with Gasteiger partial charge in [0.25, 0.3) is 0 Å². The van der Waals surface area contributed by atoms with Gasteiger partial charge in [0.05, 0.1) is 4.90 Å². The molecule has 0 saturated heterocycles. The number of anilines is 1. The van der Waals surface area contributed by atoms with E-state index in [1.54, 1.807) is 12.1 Å². The first-order chi connectivity index (χ1) is 12.7. The van der Waals surface area contributed by atoms with Crippen molar-refractivity contribution in [2.45, 2.75) is 31.2 Å². The minimum atomic E-state index is -3.55. The third-order valence-corrected chi connectivity index (χ3v) is 5.32. The lowest BCUT2D eigenvalue weighted by atomic mass is 10.1. The molecule has 0 amide bonds. The van der Waals surface area contributed by atoms with Crippen LogP contribution < -0.4 is 10.5 Å². The Hall–Kier alpha value is -2.63. The van der Waals surface area contributed by atoms with Crippen molar-refractivity contribution in [3.8, 4) is 11.1 Å². The zero-order valence-electron chi connectivity index (χ0n) is 15.9. The highest BCUT2D eigenvalue weighted by molar-refractivity contribution is 7.89. The van der Waals surface area contributed by atoms with Gasteiger partial charge in [-0.25, -0.2) is 13.1 Å². The first-order valence-electron chi connectivity index (χ1n) is 8.68. The molecule has 3 aromatic rings. The highest BCUT2D eigenvalue weighted by Crippen LogP contribution is 2.27. The molecular weight excluding hydrogens is 356 g/mol. The second-order valence-electron chi connectivity index (χ2n) is 7.13. The van der Waals surface area contributed by atoms with Crippen LogP contribution in [0.1, 0.15) is 20.8 Å². The molecule has 3 rings (SSSR count). The largest absolute Gasteiger partial charge is 0.399 e. The molecule has 0 aliphatic rings. The summed E-state index contributed by atoms with van der Waals surface area (Å²) in [5, 5.41) is 0. The van der Waals surface area contributed by atoms with Crippen LogP contribution in [0.4, 0.5) is 5.69 Å². The van der Waals surface area contributed by atoms with Gasteiger partial charge in [-0.1, -0.05) is 66.7 Å². The number of hydrogen-bond acceptors (Lipinski definition) is 3. The highest BCUT2D eigenvalue weighted by Gasteiger charge is 2.24. The molecule has 142 valence electrons. The van der Waals surface area contributed by atoms with Crippen LogP contribution in [0.5, 0.6) is 0 Å². The number of benzene rings is 3. The van der Waals surface area contributed by atoms with Gasteiger partial charge in [-0.2, -0.15) is 0 Å². The molecule has 0 radical (unpaired) electrons. The van der Waals surface area contributed by atoms with E-state index in [1.807, 2.05) is 93.6 Å². The van der Waals surface area contributed by atoms with Crippen LogP contribution in [-0.4, -0.2) is 14.0 Å². The fourth-order valence-corrected chi connectivity index (χ4v) is 4.12. The van der Waals surface area contributed by atoms with E-state index >= 15 is 0 Å². The maximum atomic E-state index is 12.5. The molecule has 0 atom stereocenters. The van der Waals surface area contributed by atoms with Crippen LogP contribution >= 0.6 is 0 Å². The molecule has 0 aliphatic carbocycles. The fourth-order valence-electron chi connectivity index (χ4n) is 2.47. The Bertz CT molecular complexity index is 948. The standard InChI is InChI=1S/C16H19NO2S.C6H7N/c1-16(2,3)17-20(18,19)15-12-8-7-11-14(15)13-9-5-4-6-10-13;7-6-4-2-1-3-5-6/h4-12,17H,1-3H3;1-5H,7H2. The first-order valence-corrected chi connectivity index (χ1v) is 10.2. The van der Waals surface area contributed by atoms with E-state index < -0.39 is 15.6 Å². The Balaban J connectivity index is 0.000000313. The third kappa shape index (κ3) is 6.55. The van der Waals surface area contributed by atoms with Crippen LogP contribution in [0.25, 0.3) is 11.1 Å². The molecule has 4 nitrogen and oxygen atoms in total. The Morgan fingerprint density at radius 3 is 1.70 bits per heavy atom. The Kier molecular flexibility index (Phi) is 6.77. The smallest absolute Gasteiger partial charge is 0.241 e. The first kappa shape index (κ1) is 20.7. The van der Waals surface area contributed by atoms with Gasteiger partial charge in [-0.15, -0.1) is 0 Å². The Labute approximate surface area is 162 Å². The van der Waals surface area contributed by atoms with Crippen molar-refractivity contribution in [2.75, 3.05) is 5.73 Å². The predicted molar refractivity (Wildman–Crippen MR) is 113 cm³/mol. The molecule has 0 spiro atoms. The average Bonchev–Trinajstić information content (AvgIpc) is 2.62. The van der Waals surface area contributed by atoms with E-state index in [0.29, 0.717) is 10.5 Å². The zero-order chi connectivity index (χ0) is 19.9. The minimum Gasteiger partial charge on any atom is -0.399 e. The van der Waals surface area contributed by atoms with Crippen molar-refractivity contribution < 1.29 is 8.42 Å². The highest BCUT2D eigenvalue weighted by atomic mass is 32.2. The Morgan fingerprint density at radius 1 is 0.741 bits per heavy atom. The maximum Gasteiger partial charge on any atom is 0.241 e. The van der Waals surface area contributed by atoms with Crippen LogP contribution in [-0.2, 0) is 10.0 Å². The summed E-state index contributed by atoms with van der Waals surface area (Å²) in [5.74, 6) is 0. The third-order valence-electron chi connectivity index (χ3n) is 3.50. The number of nitrogens with two attached hydrogens (primary N) is 1. The lowest BCUT2D eigenvalue weighted by Crippen LogP contribution is -2.40. The fraction of sp³-hybridized carbons (Fsp3) is 0.182. The van der Waals surface area contributed by atoms with Gasteiger partial charge in [0.1, 0.15) is 0 Å². The van der Waals surface area contributed by atoms with E-state index in [9.17, 15) is 8.42 Å². The predicted octanol–water partition coefficient (Wildman–Crippen LogP) is 4.70. The lowest BCUT2D eigenvalue weighted by molar-refractivity contribution is 0.491. The number of nitrogens with one attached hydrogen (secondary N) is 1. The molecule has 0 bridgehead atoms. The van der Waals surface area contributed by atoms with E-state index in [1.165, 1.54) is 0 Å². The van der Waals surface area contributed by atoms with Crippen molar-refractivity contribution >= 4 is 15.7 Å². The summed E-state index contributed by atoms with van der Waals surface area (Å²) in [7, 11) is -3.55. The summed E-state index contributed by atoms with van der Waals surface area (Å²) in [5.41, 5.74) is 7.27. The van der Waals surface area contributed by atoms with Crippen LogP contribution in [0.3, 0.4) is 0 Å².